The molecule has 1 aromatic carbocycles. The Bertz CT molecular complexity index is 1020. The lowest BCUT2D eigenvalue weighted by Gasteiger charge is -2.33. The summed E-state index contributed by atoms with van der Waals surface area (Å²) >= 11 is 0. The molecule has 0 spiro atoms. The second-order valence-electron chi connectivity index (χ2n) is 9.38. The fourth-order valence-corrected chi connectivity index (χ4v) is 4.54. The summed E-state index contributed by atoms with van der Waals surface area (Å²) in [4.78, 5) is 36.9. The number of allylic oxidation sites excluding steroid dienone is 1. The number of aromatic nitrogens is 2. The van der Waals surface area contributed by atoms with Gasteiger partial charge in [0, 0.05) is 31.7 Å². The van der Waals surface area contributed by atoms with Crippen LogP contribution in [0.25, 0.3) is 0 Å². The molecule has 0 bridgehead atoms. The van der Waals surface area contributed by atoms with E-state index in [0.29, 0.717) is 24.8 Å². The molecule has 0 radical (unpaired) electrons. The minimum atomic E-state index is -0.355. The fourth-order valence-electron chi connectivity index (χ4n) is 4.54. The number of piperidine rings is 1. The van der Waals surface area contributed by atoms with Crippen molar-refractivity contribution >= 4 is 23.6 Å². The van der Waals surface area contributed by atoms with Crippen molar-refractivity contribution < 1.29 is 14.3 Å². The van der Waals surface area contributed by atoms with Gasteiger partial charge in [-0.3, -0.25) is 14.6 Å². The van der Waals surface area contributed by atoms with Gasteiger partial charge >= 0.3 is 6.09 Å². The highest BCUT2D eigenvalue weighted by Crippen LogP contribution is 2.26. The third-order valence-electron chi connectivity index (χ3n) is 6.44. The molecule has 0 unspecified atom stereocenters. The van der Waals surface area contributed by atoms with Crippen LogP contribution in [0.2, 0.25) is 0 Å². The standard InChI is InChI=1S/C26H33N5O3/c1-4-22(32)14-19-7-9-20(10-8-19)15-30-13-5-6-21(16-30)28-25-27-12-11-24(29-25)31-23(18(2)3)17-34-26(31)33/h4,7-12,18,21,23H,1,5-6,13-17H2,2-3H3,(H,27,28,29)/t21-,23+/m0/s1. The molecule has 8 nitrogen and oxygen atoms in total. The van der Waals surface area contributed by atoms with Gasteiger partial charge in [0.05, 0.1) is 6.04 Å². The third kappa shape index (κ3) is 5.80. The fraction of sp³-hybridized carbons (Fsp3) is 0.462. The van der Waals surface area contributed by atoms with E-state index in [0.717, 1.165) is 38.0 Å². The van der Waals surface area contributed by atoms with Gasteiger partial charge in [-0.2, -0.15) is 4.98 Å². The lowest BCUT2D eigenvalue weighted by molar-refractivity contribution is -0.114. The van der Waals surface area contributed by atoms with Crippen molar-refractivity contribution in [3.63, 3.8) is 0 Å². The molecule has 0 aliphatic carbocycles. The maximum absolute atomic E-state index is 12.3. The summed E-state index contributed by atoms with van der Waals surface area (Å²) in [5.74, 6) is 1.40. The number of ether oxygens (including phenoxy) is 1. The van der Waals surface area contributed by atoms with Crippen LogP contribution in [0.4, 0.5) is 16.6 Å². The highest BCUT2D eigenvalue weighted by Gasteiger charge is 2.37. The minimum absolute atomic E-state index is 0.0262. The number of hydrogen-bond acceptors (Lipinski definition) is 7. The van der Waals surface area contributed by atoms with E-state index in [4.69, 9.17) is 4.74 Å². The minimum Gasteiger partial charge on any atom is -0.447 e. The Kier molecular flexibility index (Phi) is 7.57. The third-order valence-corrected chi connectivity index (χ3v) is 6.44. The Morgan fingerprint density at radius 2 is 2.03 bits per heavy atom. The number of anilines is 2. The second-order valence-corrected chi connectivity index (χ2v) is 9.38. The topological polar surface area (TPSA) is 87.7 Å². The predicted molar refractivity (Wildman–Crippen MR) is 132 cm³/mol. The van der Waals surface area contributed by atoms with Gasteiger partial charge in [0.2, 0.25) is 5.95 Å². The van der Waals surface area contributed by atoms with E-state index >= 15 is 0 Å². The molecule has 2 atom stereocenters. The van der Waals surface area contributed by atoms with Crippen LogP contribution in [0.1, 0.15) is 37.8 Å². The maximum atomic E-state index is 12.3. The van der Waals surface area contributed by atoms with E-state index in [1.54, 1.807) is 17.2 Å². The van der Waals surface area contributed by atoms with Gasteiger partial charge in [-0.15, -0.1) is 0 Å². The number of cyclic esters (lactones) is 1. The predicted octanol–water partition coefficient (Wildman–Crippen LogP) is 3.83. The molecule has 1 aromatic heterocycles. The number of hydrogen-bond donors (Lipinski definition) is 1. The van der Waals surface area contributed by atoms with Crippen molar-refractivity contribution in [3.05, 3.63) is 60.3 Å². The van der Waals surface area contributed by atoms with Crippen molar-refractivity contribution in [2.45, 2.75) is 51.7 Å². The molecule has 34 heavy (non-hydrogen) atoms. The molecule has 1 amide bonds. The normalized spacial score (nSPS) is 20.9. The van der Waals surface area contributed by atoms with Crippen LogP contribution < -0.4 is 10.2 Å². The van der Waals surface area contributed by atoms with Gasteiger partial charge in [0.25, 0.3) is 0 Å². The number of carbonyl (C=O) groups is 2. The number of nitrogens with one attached hydrogen (secondary N) is 1. The quantitative estimate of drug-likeness (QED) is 0.566. The molecule has 2 fully saturated rings. The van der Waals surface area contributed by atoms with Gasteiger partial charge in [0.1, 0.15) is 12.4 Å². The number of nitrogens with zero attached hydrogens (tertiary/aromatic N) is 4. The number of likely N-dealkylation sites (tertiary alicyclic amines) is 1. The van der Waals surface area contributed by atoms with Gasteiger partial charge in [-0.1, -0.05) is 44.7 Å². The number of rotatable bonds is 9. The number of benzene rings is 1. The maximum Gasteiger partial charge on any atom is 0.415 e. The smallest absolute Gasteiger partial charge is 0.415 e. The molecule has 2 aromatic rings. The molecule has 3 heterocycles. The van der Waals surface area contributed by atoms with Crippen molar-refractivity contribution in [1.29, 1.82) is 0 Å². The Hall–Kier alpha value is -3.26. The molecular weight excluding hydrogens is 430 g/mol. The highest BCUT2D eigenvalue weighted by molar-refractivity contribution is 5.90. The lowest BCUT2D eigenvalue weighted by Crippen LogP contribution is -2.42. The van der Waals surface area contributed by atoms with Crippen LogP contribution in [0.5, 0.6) is 0 Å². The molecule has 0 saturated carbocycles. The molecule has 2 aliphatic rings. The summed E-state index contributed by atoms with van der Waals surface area (Å²) in [6.45, 7) is 10.8. The first-order valence-corrected chi connectivity index (χ1v) is 11.9. The summed E-state index contributed by atoms with van der Waals surface area (Å²) in [6, 6.07) is 10.2. The highest BCUT2D eigenvalue weighted by atomic mass is 16.6. The average Bonchev–Trinajstić information content (AvgIpc) is 3.22. The second kappa shape index (κ2) is 10.8. The summed E-state index contributed by atoms with van der Waals surface area (Å²) in [5.41, 5.74) is 2.23. The first-order chi connectivity index (χ1) is 16.4. The van der Waals surface area contributed by atoms with Gasteiger partial charge < -0.3 is 10.1 Å². The van der Waals surface area contributed by atoms with Crippen molar-refractivity contribution in [3.8, 4) is 0 Å². The van der Waals surface area contributed by atoms with Crippen molar-refractivity contribution in [1.82, 2.24) is 14.9 Å². The molecule has 8 heteroatoms. The van der Waals surface area contributed by atoms with Crippen LogP contribution >= 0.6 is 0 Å². The van der Waals surface area contributed by atoms with Crippen LogP contribution in [-0.4, -0.2) is 58.5 Å². The van der Waals surface area contributed by atoms with E-state index in [2.05, 4.69) is 52.7 Å². The number of amides is 1. The van der Waals surface area contributed by atoms with E-state index in [9.17, 15) is 9.59 Å². The summed E-state index contributed by atoms with van der Waals surface area (Å²) in [5, 5.41) is 3.47. The first kappa shape index (κ1) is 23.9. The van der Waals surface area contributed by atoms with Crippen LogP contribution in [0.15, 0.2) is 49.2 Å². The lowest BCUT2D eigenvalue weighted by atomic mass is 10.0. The molecule has 4 rings (SSSR count). The molecule has 2 saturated heterocycles. The summed E-state index contributed by atoms with van der Waals surface area (Å²) in [6.07, 6.45) is 5.21. The molecular formula is C26H33N5O3. The van der Waals surface area contributed by atoms with Gasteiger partial charge in [-0.05, 0) is 48.6 Å². The first-order valence-electron chi connectivity index (χ1n) is 11.9. The van der Waals surface area contributed by atoms with Crippen molar-refractivity contribution in [2.75, 3.05) is 29.9 Å². The van der Waals surface area contributed by atoms with Gasteiger partial charge in [0.15, 0.2) is 5.78 Å². The zero-order valence-corrected chi connectivity index (χ0v) is 19.9. The van der Waals surface area contributed by atoms with Crippen LogP contribution in [-0.2, 0) is 22.5 Å². The Morgan fingerprint density at radius 3 is 2.76 bits per heavy atom. The Labute approximate surface area is 201 Å². The molecule has 2 aliphatic heterocycles. The zero-order chi connectivity index (χ0) is 24.1. The van der Waals surface area contributed by atoms with Crippen LogP contribution in [0, 0.1) is 5.92 Å². The number of ketones is 1. The largest absolute Gasteiger partial charge is 0.447 e. The molecule has 1 N–H and O–H groups in total. The van der Waals surface area contributed by atoms with Crippen LogP contribution in [0.3, 0.4) is 0 Å². The van der Waals surface area contributed by atoms with E-state index in [1.165, 1.54) is 11.6 Å². The van der Waals surface area contributed by atoms with E-state index in [1.807, 2.05) is 12.1 Å². The summed E-state index contributed by atoms with van der Waals surface area (Å²) in [7, 11) is 0. The molecule has 180 valence electrons. The average molecular weight is 464 g/mol. The Balaban J connectivity index is 1.36. The van der Waals surface area contributed by atoms with Gasteiger partial charge in [-0.25, -0.2) is 9.78 Å². The van der Waals surface area contributed by atoms with E-state index < -0.39 is 0 Å². The van der Waals surface area contributed by atoms with Crippen molar-refractivity contribution in [2.24, 2.45) is 5.92 Å². The monoisotopic (exact) mass is 463 g/mol. The summed E-state index contributed by atoms with van der Waals surface area (Å²) < 4.78 is 5.26. The van der Waals surface area contributed by atoms with E-state index in [-0.39, 0.29) is 29.9 Å². The zero-order valence-electron chi connectivity index (χ0n) is 19.9. The Morgan fingerprint density at radius 1 is 1.26 bits per heavy atom. The SMILES string of the molecule is C=CC(=O)Cc1ccc(CN2CCC[C@H](Nc3nccc(N4C(=O)OC[C@@H]4C(C)C)n3)C2)cc1. The number of carbonyl (C=O) groups excluding carboxylic acids is 2.